The molecule has 5 nitrogen and oxygen atoms in total. The fourth-order valence-corrected chi connectivity index (χ4v) is 3.27. The Labute approximate surface area is 134 Å². The molecule has 0 radical (unpaired) electrons. The first-order chi connectivity index (χ1) is 10.6. The van der Waals surface area contributed by atoms with Crippen molar-refractivity contribution in [2.24, 2.45) is 0 Å². The van der Waals surface area contributed by atoms with Crippen LogP contribution in [0.5, 0.6) is 5.75 Å². The van der Waals surface area contributed by atoms with Gasteiger partial charge in [0.05, 0.1) is 6.10 Å². The van der Waals surface area contributed by atoms with Gasteiger partial charge in [0, 0.05) is 11.8 Å². The van der Waals surface area contributed by atoms with E-state index in [0.717, 1.165) is 22.3 Å². The molecule has 1 N–H and O–H groups in total. The third-order valence-electron chi connectivity index (χ3n) is 3.58. The summed E-state index contributed by atoms with van der Waals surface area (Å²) < 4.78 is 7.81. The molecule has 1 atom stereocenters. The van der Waals surface area contributed by atoms with E-state index in [2.05, 4.69) is 14.8 Å². The van der Waals surface area contributed by atoms with Gasteiger partial charge in [-0.1, -0.05) is 23.9 Å². The lowest BCUT2D eigenvalue weighted by molar-refractivity contribution is 0.126. The van der Waals surface area contributed by atoms with Gasteiger partial charge in [0.1, 0.15) is 18.2 Å². The van der Waals surface area contributed by atoms with Gasteiger partial charge in [-0.15, -0.1) is 10.2 Å². The number of aromatic nitrogens is 3. The molecule has 1 aliphatic carbocycles. The molecule has 0 saturated heterocycles. The highest BCUT2D eigenvalue weighted by Gasteiger charge is 2.28. The summed E-state index contributed by atoms with van der Waals surface area (Å²) in [4.78, 5) is 0. The van der Waals surface area contributed by atoms with E-state index in [4.69, 9.17) is 4.74 Å². The van der Waals surface area contributed by atoms with Crippen LogP contribution in [0.15, 0.2) is 29.4 Å². The molecule has 3 rings (SSSR count). The average Bonchev–Trinajstić information content (AvgIpc) is 3.26. The first kappa shape index (κ1) is 15.4. The lowest BCUT2D eigenvalue weighted by Gasteiger charge is -2.13. The third-order valence-corrected chi connectivity index (χ3v) is 4.67. The van der Waals surface area contributed by atoms with Gasteiger partial charge >= 0.3 is 0 Å². The first-order valence-electron chi connectivity index (χ1n) is 7.55. The molecule has 6 heteroatoms. The monoisotopic (exact) mass is 319 g/mol. The van der Waals surface area contributed by atoms with Gasteiger partial charge in [-0.3, -0.25) is 0 Å². The standard InChI is InChI=1S/C16H21N3O2S/c1-11-4-3-5-15(8-11)21-9-14(20)10-22-16-18-17-12(2)19(16)13-6-7-13/h3-5,8,13-14,20H,6-7,9-10H2,1-2H3. The molecule has 0 bridgehead atoms. The Morgan fingerprint density at radius 2 is 2.18 bits per heavy atom. The molecule has 1 fully saturated rings. The predicted octanol–water partition coefficient (Wildman–Crippen LogP) is 2.76. The van der Waals surface area contributed by atoms with Crippen LogP contribution in [0, 0.1) is 13.8 Å². The number of benzene rings is 1. The Kier molecular flexibility index (Phi) is 4.69. The first-order valence-corrected chi connectivity index (χ1v) is 8.54. The van der Waals surface area contributed by atoms with Crippen LogP contribution in [0.1, 0.15) is 30.3 Å². The number of nitrogens with zero attached hydrogens (tertiary/aromatic N) is 3. The van der Waals surface area contributed by atoms with Gasteiger partial charge in [0.15, 0.2) is 5.16 Å². The van der Waals surface area contributed by atoms with E-state index in [-0.39, 0.29) is 6.61 Å². The Bertz CT molecular complexity index is 640. The molecule has 1 aromatic heterocycles. The zero-order valence-corrected chi connectivity index (χ0v) is 13.7. The predicted molar refractivity (Wildman–Crippen MR) is 86.4 cm³/mol. The van der Waals surface area contributed by atoms with Crippen molar-refractivity contribution in [3.8, 4) is 5.75 Å². The molecule has 1 unspecified atom stereocenters. The zero-order valence-electron chi connectivity index (χ0n) is 12.9. The second-order valence-corrected chi connectivity index (χ2v) is 6.71. The summed E-state index contributed by atoms with van der Waals surface area (Å²) >= 11 is 1.54. The maximum Gasteiger partial charge on any atom is 0.191 e. The third kappa shape index (κ3) is 3.81. The number of ether oxygens (including phenoxy) is 1. The summed E-state index contributed by atoms with van der Waals surface area (Å²) in [6.07, 6.45) is 1.87. The summed E-state index contributed by atoms with van der Waals surface area (Å²) in [5.41, 5.74) is 1.15. The van der Waals surface area contributed by atoms with Crippen molar-refractivity contribution in [2.75, 3.05) is 12.4 Å². The Morgan fingerprint density at radius 3 is 2.91 bits per heavy atom. The minimum atomic E-state index is -0.532. The Balaban J connectivity index is 1.49. The second-order valence-electron chi connectivity index (χ2n) is 5.72. The average molecular weight is 319 g/mol. The number of aryl methyl sites for hydroxylation is 2. The van der Waals surface area contributed by atoms with Crippen molar-refractivity contribution in [2.45, 2.75) is 44.0 Å². The van der Waals surface area contributed by atoms with Crippen LogP contribution < -0.4 is 4.74 Å². The normalized spacial score (nSPS) is 15.8. The summed E-state index contributed by atoms with van der Waals surface area (Å²) in [5, 5.41) is 19.3. The summed E-state index contributed by atoms with van der Waals surface area (Å²) in [6.45, 7) is 4.28. The number of hydrogen-bond acceptors (Lipinski definition) is 5. The number of aliphatic hydroxyl groups is 1. The fourth-order valence-electron chi connectivity index (χ4n) is 2.32. The van der Waals surface area contributed by atoms with Crippen LogP contribution in [0.3, 0.4) is 0 Å². The SMILES string of the molecule is Cc1cccc(OCC(O)CSc2nnc(C)n2C2CC2)c1. The van der Waals surface area contributed by atoms with Crippen molar-refractivity contribution in [3.63, 3.8) is 0 Å². The highest BCUT2D eigenvalue weighted by Crippen LogP contribution is 2.38. The Hall–Kier alpha value is -1.53. The van der Waals surface area contributed by atoms with Gasteiger partial charge < -0.3 is 14.4 Å². The van der Waals surface area contributed by atoms with E-state index >= 15 is 0 Å². The van der Waals surface area contributed by atoms with Crippen LogP contribution in [0.4, 0.5) is 0 Å². The molecule has 0 amide bonds. The fraction of sp³-hybridized carbons (Fsp3) is 0.500. The van der Waals surface area contributed by atoms with Crippen LogP contribution >= 0.6 is 11.8 Å². The van der Waals surface area contributed by atoms with Crippen LogP contribution in [0.2, 0.25) is 0 Å². The quantitative estimate of drug-likeness (QED) is 0.795. The molecule has 1 aromatic carbocycles. The number of aliphatic hydroxyl groups excluding tert-OH is 1. The maximum absolute atomic E-state index is 10.1. The Morgan fingerprint density at radius 1 is 1.36 bits per heavy atom. The molecule has 0 aliphatic heterocycles. The zero-order chi connectivity index (χ0) is 15.5. The molecule has 1 saturated carbocycles. The highest BCUT2D eigenvalue weighted by molar-refractivity contribution is 7.99. The summed E-state index contributed by atoms with van der Waals surface area (Å²) in [7, 11) is 0. The van der Waals surface area contributed by atoms with Crippen LogP contribution in [0.25, 0.3) is 0 Å². The van der Waals surface area contributed by atoms with E-state index in [1.54, 1.807) is 11.8 Å². The topological polar surface area (TPSA) is 60.2 Å². The molecular weight excluding hydrogens is 298 g/mol. The van der Waals surface area contributed by atoms with Crippen molar-refractivity contribution in [3.05, 3.63) is 35.7 Å². The lowest BCUT2D eigenvalue weighted by atomic mass is 10.2. The smallest absolute Gasteiger partial charge is 0.191 e. The van der Waals surface area contributed by atoms with Crippen molar-refractivity contribution in [1.29, 1.82) is 0 Å². The van der Waals surface area contributed by atoms with E-state index in [1.807, 2.05) is 38.1 Å². The molecule has 22 heavy (non-hydrogen) atoms. The highest BCUT2D eigenvalue weighted by atomic mass is 32.2. The molecule has 118 valence electrons. The minimum absolute atomic E-state index is 0.285. The molecule has 1 aliphatic rings. The molecule has 2 aromatic rings. The number of hydrogen-bond donors (Lipinski definition) is 1. The van der Waals surface area contributed by atoms with Gasteiger partial charge in [0.2, 0.25) is 0 Å². The van der Waals surface area contributed by atoms with Crippen LogP contribution in [-0.4, -0.2) is 38.3 Å². The lowest BCUT2D eigenvalue weighted by Crippen LogP contribution is -2.20. The molecule has 0 spiro atoms. The van der Waals surface area contributed by atoms with E-state index in [0.29, 0.717) is 11.8 Å². The van der Waals surface area contributed by atoms with Gasteiger partial charge in [-0.25, -0.2) is 0 Å². The largest absolute Gasteiger partial charge is 0.491 e. The second kappa shape index (κ2) is 6.71. The molecule has 1 heterocycles. The van der Waals surface area contributed by atoms with Crippen molar-refractivity contribution >= 4 is 11.8 Å². The molecular formula is C16H21N3O2S. The summed E-state index contributed by atoms with van der Waals surface area (Å²) in [5.74, 6) is 2.30. The van der Waals surface area contributed by atoms with E-state index in [9.17, 15) is 5.11 Å². The van der Waals surface area contributed by atoms with Gasteiger partial charge in [0.25, 0.3) is 0 Å². The van der Waals surface area contributed by atoms with Crippen LogP contribution in [-0.2, 0) is 0 Å². The summed E-state index contributed by atoms with van der Waals surface area (Å²) in [6, 6.07) is 8.39. The van der Waals surface area contributed by atoms with Crippen molar-refractivity contribution in [1.82, 2.24) is 14.8 Å². The van der Waals surface area contributed by atoms with Gasteiger partial charge in [-0.2, -0.15) is 0 Å². The van der Waals surface area contributed by atoms with E-state index < -0.39 is 6.10 Å². The van der Waals surface area contributed by atoms with Gasteiger partial charge in [-0.05, 0) is 44.4 Å². The van der Waals surface area contributed by atoms with E-state index in [1.165, 1.54) is 12.8 Å². The number of thioether (sulfide) groups is 1. The van der Waals surface area contributed by atoms with Crippen molar-refractivity contribution < 1.29 is 9.84 Å². The number of rotatable bonds is 7. The minimum Gasteiger partial charge on any atom is -0.491 e. The maximum atomic E-state index is 10.1.